The summed E-state index contributed by atoms with van der Waals surface area (Å²) in [5.74, 6) is -0.333. The normalized spacial score (nSPS) is 10.3. The van der Waals surface area contributed by atoms with Gasteiger partial charge < -0.3 is 4.74 Å². The molecule has 1 N–H and O–H groups in total. The van der Waals surface area contributed by atoms with Crippen LogP contribution in [0.5, 0.6) is 0 Å². The maximum atomic E-state index is 11.7. The number of H-pyrrole nitrogens is 1. The number of aromatic nitrogens is 2. The SMILES string of the molecule is COC(=O)c1ccccc1-c1c(C)n[nH]c1C. The number of carbonyl (C=O) groups excluding carboxylic acids is 1. The van der Waals surface area contributed by atoms with Crippen LogP contribution in [0.25, 0.3) is 11.1 Å². The Balaban J connectivity index is 2.64. The number of hydrogen-bond donors (Lipinski definition) is 1. The van der Waals surface area contributed by atoms with E-state index in [-0.39, 0.29) is 5.97 Å². The number of nitrogens with one attached hydrogen (secondary N) is 1. The third-order valence-corrected chi connectivity index (χ3v) is 2.73. The van der Waals surface area contributed by atoms with Gasteiger partial charge in [-0.25, -0.2) is 4.79 Å². The Morgan fingerprint density at radius 3 is 2.59 bits per heavy atom. The first kappa shape index (κ1) is 11.4. The number of rotatable bonds is 2. The molecule has 2 rings (SSSR count). The van der Waals surface area contributed by atoms with E-state index in [4.69, 9.17) is 4.74 Å². The van der Waals surface area contributed by atoms with E-state index in [9.17, 15) is 4.79 Å². The van der Waals surface area contributed by atoms with Crippen molar-refractivity contribution in [3.05, 3.63) is 41.2 Å². The second kappa shape index (κ2) is 4.41. The Morgan fingerprint density at radius 2 is 2.00 bits per heavy atom. The monoisotopic (exact) mass is 230 g/mol. The predicted octanol–water partition coefficient (Wildman–Crippen LogP) is 2.48. The van der Waals surface area contributed by atoms with Crippen LogP contribution in [-0.2, 0) is 4.74 Å². The zero-order chi connectivity index (χ0) is 12.4. The van der Waals surface area contributed by atoms with Gasteiger partial charge >= 0.3 is 5.97 Å². The minimum atomic E-state index is -0.333. The first-order valence-corrected chi connectivity index (χ1v) is 5.34. The van der Waals surface area contributed by atoms with Crippen LogP contribution in [0.4, 0.5) is 0 Å². The van der Waals surface area contributed by atoms with E-state index in [0.717, 1.165) is 22.5 Å². The van der Waals surface area contributed by atoms with Gasteiger partial charge in [0.1, 0.15) is 0 Å². The van der Waals surface area contributed by atoms with Crippen molar-refractivity contribution >= 4 is 5.97 Å². The number of methoxy groups -OCH3 is 1. The minimum absolute atomic E-state index is 0.333. The van der Waals surface area contributed by atoms with Crippen molar-refractivity contribution in [2.75, 3.05) is 7.11 Å². The molecule has 0 saturated carbocycles. The van der Waals surface area contributed by atoms with Crippen molar-refractivity contribution in [3.63, 3.8) is 0 Å². The number of esters is 1. The van der Waals surface area contributed by atoms with E-state index in [2.05, 4.69) is 10.2 Å². The van der Waals surface area contributed by atoms with Crippen molar-refractivity contribution in [1.29, 1.82) is 0 Å². The second-order valence-electron chi connectivity index (χ2n) is 3.85. The summed E-state index contributed by atoms with van der Waals surface area (Å²) in [7, 11) is 1.38. The lowest BCUT2D eigenvalue weighted by Crippen LogP contribution is -2.03. The van der Waals surface area contributed by atoms with Crippen LogP contribution < -0.4 is 0 Å². The van der Waals surface area contributed by atoms with E-state index in [1.165, 1.54) is 7.11 Å². The summed E-state index contributed by atoms with van der Waals surface area (Å²) < 4.78 is 4.79. The Bertz CT molecular complexity index is 539. The Hall–Kier alpha value is -2.10. The zero-order valence-corrected chi connectivity index (χ0v) is 10.1. The third-order valence-electron chi connectivity index (χ3n) is 2.73. The van der Waals surface area contributed by atoms with Crippen molar-refractivity contribution < 1.29 is 9.53 Å². The number of nitrogens with zero attached hydrogens (tertiary/aromatic N) is 1. The van der Waals surface area contributed by atoms with Crippen LogP contribution in [0.15, 0.2) is 24.3 Å². The fourth-order valence-corrected chi connectivity index (χ4v) is 1.94. The molecule has 88 valence electrons. The van der Waals surface area contributed by atoms with Gasteiger partial charge in [0.15, 0.2) is 0 Å². The average Bonchev–Trinajstić information content (AvgIpc) is 2.68. The molecular weight excluding hydrogens is 216 g/mol. The zero-order valence-electron chi connectivity index (χ0n) is 10.1. The molecule has 4 heteroatoms. The lowest BCUT2D eigenvalue weighted by Gasteiger charge is -2.07. The molecule has 0 aliphatic carbocycles. The van der Waals surface area contributed by atoms with Gasteiger partial charge in [-0.1, -0.05) is 18.2 Å². The molecule has 4 nitrogen and oxygen atoms in total. The van der Waals surface area contributed by atoms with Gasteiger partial charge in [0.2, 0.25) is 0 Å². The smallest absolute Gasteiger partial charge is 0.338 e. The molecule has 0 radical (unpaired) electrons. The minimum Gasteiger partial charge on any atom is -0.465 e. The summed E-state index contributed by atoms with van der Waals surface area (Å²) in [4.78, 5) is 11.7. The van der Waals surface area contributed by atoms with Crippen LogP contribution in [0.3, 0.4) is 0 Å². The summed E-state index contributed by atoms with van der Waals surface area (Å²) in [6.07, 6.45) is 0. The number of aryl methyl sites for hydroxylation is 2. The van der Waals surface area contributed by atoms with E-state index in [0.29, 0.717) is 5.56 Å². The fraction of sp³-hybridized carbons (Fsp3) is 0.231. The van der Waals surface area contributed by atoms with Gasteiger partial charge in [0, 0.05) is 11.3 Å². The standard InChI is InChI=1S/C13H14N2O2/c1-8-12(9(2)15-14-8)10-6-4-5-7-11(10)13(16)17-3/h4-7H,1-3H3,(H,14,15). The number of ether oxygens (including phenoxy) is 1. The molecule has 2 aromatic rings. The maximum absolute atomic E-state index is 11.7. The highest BCUT2D eigenvalue weighted by molar-refractivity contribution is 5.97. The summed E-state index contributed by atoms with van der Waals surface area (Å²) in [5.41, 5.74) is 4.19. The number of benzene rings is 1. The molecule has 0 aliphatic rings. The van der Waals surface area contributed by atoms with Gasteiger partial charge in [0.25, 0.3) is 0 Å². The summed E-state index contributed by atoms with van der Waals surface area (Å²) >= 11 is 0. The molecule has 1 aromatic heterocycles. The molecule has 0 spiro atoms. The van der Waals surface area contributed by atoms with Crippen LogP contribution in [0.1, 0.15) is 21.7 Å². The van der Waals surface area contributed by atoms with E-state index in [1.54, 1.807) is 6.07 Å². The summed E-state index contributed by atoms with van der Waals surface area (Å²) in [6.45, 7) is 3.84. The Morgan fingerprint density at radius 1 is 1.29 bits per heavy atom. The quantitative estimate of drug-likeness (QED) is 0.806. The number of hydrogen-bond acceptors (Lipinski definition) is 3. The van der Waals surface area contributed by atoms with E-state index in [1.807, 2.05) is 32.0 Å². The van der Waals surface area contributed by atoms with Gasteiger partial charge in [0.05, 0.1) is 18.4 Å². The fourth-order valence-electron chi connectivity index (χ4n) is 1.94. The molecule has 0 fully saturated rings. The van der Waals surface area contributed by atoms with Gasteiger partial charge in [-0.2, -0.15) is 5.10 Å². The lowest BCUT2D eigenvalue weighted by molar-refractivity contribution is 0.0601. The number of carbonyl (C=O) groups is 1. The molecular formula is C13H14N2O2. The van der Waals surface area contributed by atoms with Crippen molar-refractivity contribution in [2.45, 2.75) is 13.8 Å². The van der Waals surface area contributed by atoms with Crippen LogP contribution in [0, 0.1) is 13.8 Å². The Labute approximate surface area is 99.6 Å². The highest BCUT2D eigenvalue weighted by Gasteiger charge is 2.17. The molecule has 0 atom stereocenters. The lowest BCUT2D eigenvalue weighted by atomic mass is 9.98. The second-order valence-corrected chi connectivity index (χ2v) is 3.85. The maximum Gasteiger partial charge on any atom is 0.338 e. The van der Waals surface area contributed by atoms with Gasteiger partial charge in [-0.15, -0.1) is 0 Å². The molecule has 1 heterocycles. The van der Waals surface area contributed by atoms with E-state index >= 15 is 0 Å². The van der Waals surface area contributed by atoms with E-state index < -0.39 is 0 Å². The molecule has 0 saturated heterocycles. The number of aromatic amines is 1. The van der Waals surface area contributed by atoms with Crippen molar-refractivity contribution in [1.82, 2.24) is 10.2 Å². The molecule has 0 unspecified atom stereocenters. The highest BCUT2D eigenvalue weighted by atomic mass is 16.5. The molecule has 0 aliphatic heterocycles. The molecule has 17 heavy (non-hydrogen) atoms. The third kappa shape index (κ3) is 1.93. The Kier molecular flexibility index (Phi) is 2.95. The molecule has 1 aromatic carbocycles. The van der Waals surface area contributed by atoms with Crippen LogP contribution >= 0.6 is 0 Å². The summed E-state index contributed by atoms with van der Waals surface area (Å²) in [6, 6.07) is 7.37. The highest BCUT2D eigenvalue weighted by Crippen LogP contribution is 2.28. The topological polar surface area (TPSA) is 55.0 Å². The summed E-state index contributed by atoms with van der Waals surface area (Å²) in [5, 5.41) is 7.06. The first-order chi connectivity index (χ1) is 8.15. The molecule has 0 amide bonds. The largest absolute Gasteiger partial charge is 0.465 e. The van der Waals surface area contributed by atoms with Crippen LogP contribution in [-0.4, -0.2) is 23.3 Å². The van der Waals surface area contributed by atoms with Gasteiger partial charge in [-0.05, 0) is 25.5 Å². The van der Waals surface area contributed by atoms with Crippen molar-refractivity contribution in [2.24, 2.45) is 0 Å². The predicted molar refractivity (Wildman–Crippen MR) is 64.8 cm³/mol. The van der Waals surface area contributed by atoms with Crippen LogP contribution in [0.2, 0.25) is 0 Å². The van der Waals surface area contributed by atoms with Gasteiger partial charge in [-0.3, -0.25) is 5.10 Å². The first-order valence-electron chi connectivity index (χ1n) is 5.34. The average molecular weight is 230 g/mol. The van der Waals surface area contributed by atoms with Crippen molar-refractivity contribution in [3.8, 4) is 11.1 Å². The molecule has 0 bridgehead atoms.